The summed E-state index contributed by atoms with van der Waals surface area (Å²) in [6.07, 6.45) is 8.77. The molecule has 5 heteroatoms. The van der Waals surface area contributed by atoms with Crippen LogP contribution in [0.3, 0.4) is 0 Å². The molecule has 0 aliphatic heterocycles. The van der Waals surface area contributed by atoms with E-state index in [0.29, 0.717) is 18.4 Å². The van der Waals surface area contributed by atoms with Crippen LogP contribution in [0.1, 0.15) is 38.1 Å². The molecular weight excluding hydrogens is 284 g/mol. The molecule has 1 aliphatic carbocycles. The lowest BCUT2D eigenvalue weighted by molar-refractivity contribution is -0.140. The van der Waals surface area contributed by atoms with Gasteiger partial charge in [0, 0.05) is 12.6 Å². The van der Waals surface area contributed by atoms with Crippen LogP contribution >= 0.6 is 15.9 Å². The summed E-state index contributed by atoms with van der Waals surface area (Å²) in [5.74, 6) is 0.525. The van der Waals surface area contributed by atoms with Gasteiger partial charge < -0.3 is 4.74 Å². The van der Waals surface area contributed by atoms with Crippen LogP contribution in [0.15, 0.2) is 16.9 Å². The third-order valence-electron chi connectivity index (χ3n) is 3.44. The lowest BCUT2D eigenvalue weighted by Crippen LogP contribution is -2.07. The molecule has 0 spiro atoms. The van der Waals surface area contributed by atoms with Crippen molar-refractivity contribution in [1.82, 2.24) is 9.78 Å². The molecule has 94 valence electrons. The van der Waals surface area contributed by atoms with Gasteiger partial charge in [0.25, 0.3) is 0 Å². The second kappa shape index (κ2) is 5.67. The van der Waals surface area contributed by atoms with Crippen molar-refractivity contribution in [2.24, 2.45) is 5.92 Å². The Hall–Kier alpha value is -0.840. The summed E-state index contributed by atoms with van der Waals surface area (Å²) in [6.45, 7) is 0. The molecule has 2 atom stereocenters. The molecule has 0 N–H and O–H groups in total. The zero-order valence-electron chi connectivity index (χ0n) is 9.93. The smallest absolute Gasteiger partial charge is 0.305 e. The first-order chi connectivity index (χ1) is 8.19. The standard InChI is InChI=1S/C12H17BrN2O2/c1-17-12(16)5-3-9-2-4-11(6-9)15-8-10(13)7-14-15/h7-9,11H,2-6H2,1H3. The van der Waals surface area contributed by atoms with Crippen LogP contribution in [-0.4, -0.2) is 22.9 Å². The van der Waals surface area contributed by atoms with E-state index in [0.717, 1.165) is 23.7 Å². The second-order valence-corrected chi connectivity index (χ2v) is 5.50. The Morgan fingerprint density at radius 1 is 1.65 bits per heavy atom. The van der Waals surface area contributed by atoms with E-state index >= 15 is 0 Å². The van der Waals surface area contributed by atoms with Gasteiger partial charge in [-0.3, -0.25) is 9.48 Å². The van der Waals surface area contributed by atoms with Gasteiger partial charge in [-0.25, -0.2) is 0 Å². The molecule has 0 saturated heterocycles. The van der Waals surface area contributed by atoms with Crippen LogP contribution in [0.2, 0.25) is 0 Å². The van der Waals surface area contributed by atoms with Crippen molar-refractivity contribution in [3.05, 3.63) is 16.9 Å². The van der Waals surface area contributed by atoms with Gasteiger partial charge in [-0.2, -0.15) is 5.10 Å². The quantitative estimate of drug-likeness (QED) is 0.803. The zero-order valence-corrected chi connectivity index (χ0v) is 11.5. The molecule has 0 amide bonds. The average Bonchev–Trinajstić information content (AvgIpc) is 2.94. The molecule has 17 heavy (non-hydrogen) atoms. The normalized spacial score (nSPS) is 23.9. The molecule has 1 aromatic heterocycles. The maximum absolute atomic E-state index is 11.1. The first-order valence-electron chi connectivity index (χ1n) is 5.95. The van der Waals surface area contributed by atoms with Crippen molar-refractivity contribution in [2.75, 3.05) is 7.11 Å². The summed E-state index contributed by atoms with van der Waals surface area (Å²) in [5, 5.41) is 4.32. The van der Waals surface area contributed by atoms with E-state index in [2.05, 4.69) is 25.8 Å². The Bertz CT molecular complexity index is 392. The highest BCUT2D eigenvalue weighted by Gasteiger charge is 2.26. The van der Waals surface area contributed by atoms with Crippen molar-refractivity contribution < 1.29 is 9.53 Å². The zero-order chi connectivity index (χ0) is 12.3. The van der Waals surface area contributed by atoms with E-state index in [1.165, 1.54) is 13.5 Å². The highest BCUT2D eigenvalue weighted by molar-refractivity contribution is 9.10. The summed E-state index contributed by atoms with van der Waals surface area (Å²) in [7, 11) is 1.45. The molecule has 0 radical (unpaired) electrons. The Balaban J connectivity index is 1.81. The van der Waals surface area contributed by atoms with E-state index in [1.54, 1.807) is 0 Å². The van der Waals surface area contributed by atoms with E-state index in [4.69, 9.17) is 0 Å². The summed E-state index contributed by atoms with van der Waals surface area (Å²) < 4.78 is 7.72. The molecular formula is C12H17BrN2O2. The van der Waals surface area contributed by atoms with Crippen LogP contribution < -0.4 is 0 Å². The van der Waals surface area contributed by atoms with Crippen molar-refractivity contribution in [2.45, 2.75) is 38.1 Å². The second-order valence-electron chi connectivity index (χ2n) is 4.59. The number of carbonyl (C=O) groups excluding carboxylic acids is 1. The minimum absolute atomic E-state index is 0.102. The van der Waals surface area contributed by atoms with E-state index in [-0.39, 0.29) is 5.97 Å². The number of hydrogen-bond donors (Lipinski definition) is 0. The molecule has 1 saturated carbocycles. The molecule has 0 bridgehead atoms. The minimum Gasteiger partial charge on any atom is -0.469 e. The van der Waals surface area contributed by atoms with Gasteiger partial charge in [-0.1, -0.05) is 0 Å². The lowest BCUT2D eigenvalue weighted by Gasteiger charge is -2.11. The van der Waals surface area contributed by atoms with Crippen molar-refractivity contribution in [3.8, 4) is 0 Å². The largest absolute Gasteiger partial charge is 0.469 e. The van der Waals surface area contributed by atoms with E-state index in [9.17, 15) is 4.79 Å². The molecule has 2 rings (SSSR count). The summed E-state index contributed by atoms with van der Waals surface area (Å²) in [6, 6.07) is 0.490. The molecule has 4 nitrogen and oxygen atoms in total. The predicted molar refractivity (Wildman–Crippen MR) is 67.6 cm³/mol. The van der Waals surface area contributed by atoms with Crippen molar-refractivity contribution >= 4 is 21.9 Å². The van der Waals surface area contributed by atoms with Crippen molar-refractivity contribution in [3.63, 3.8) is 0 Å². The van der Waals surface area contributed by atoms with E-state index < -0.39 is 0 Å². The van der Waals surface area contributed by atoms with Crippen LogP contribution in [0.5, 0.6) is 0 Å². The SMILES string of the molecule is COC(=O)CCC1CCC(n2cc(Br)cn2)C1. The Labute approximate surface area is 109 Å². The van der Waals surface area contributed by atoms with Gasteiger partial charge in [0.05, 0.1) is 23.8 Å². The predicted octanol–water partition coefficient (Wildman–Crippen LogP) is 2.94. The summed E-state index contributed by atoms with van der Waals surface area (Å²) in [4.78, 5) is 11.1. The molecule has 2 unspecified atom stereocenters. The number of methoxy groups -OCH3 is 1. The van der Waals surface area contributed by atoms with Gasteiger partial charge in [-0.15, -0.1) is 0 Å². The van der Waals surface area contributed by atoms with Gasteiger partial charge in [0.2, 0.25) is 0 Å². The number of nitrogens with zero attached hydrogens (tertiary/aromatic N) is 2. The first-order valence-corrected chi connectivity index (χ1v) is 6.75. The summed E-state index contributed by atoms with van der Waals surface area (Å²) in [5.41, 5.74) is 0. The van der Waals surface area contributed by atoms with Crippen LogP contribution in [0.4, 0.5) is 0 Å². The minimum atomic E-state index is -0.102. The number of carbonyl (C=O) groups is 1. The third-order valence-corrected chi connectivity index (χ3v) is 3.85. The van der Waals surface area contributed by atoms with Gasteiger partial charge in [0.15, 0.2) is 0 Å². The Morgan fingerprint density at radius 2 is 2.47 bits per heavy atom. The fourth-order valence-corrected chi connectivity index (χ4v) is 2.79. The number of rotatable bonds is 4. The molecule has 1 fully saturated rings. The fraction of sp³-hybridized carbons (Fsp3) is 0.667. The van der Waals surface area contributed by atoms with Gasteiger partial charge in [0.1, 0.15) is 0 Å². The molecule has 1 aliphatic rings. The maximum atomic E-state index is 11.1. The Morgan fingerprint density at radius 3 is 3.12 bits per heavy atom. The number of aromatic nitrogens is 2. The van der Waals surface area contributed by atoms with Crippen molar-refractivity contribution in [1.29, 1.82) is 0 Å². The lowest BCUT2D eigenvalue weighted by atomic mass is 10.0. The van der Waals surface area contributed by atoms with Crippen LogP contribution in [0.25, 0.3) is 0 Å². The molecule has 1 aromatic rings. The molecule has 1 heterocycles. The van der Waals surface area contributed by atoms with Gasteiger partial charge >= 0.3 is 5.97 Å². The monoisotopic (exact) mass is 300 g/mol. The van der Waals surface area contributed by atoms with E-state index in [1.807, 2.05) is 17.1 Å². The van der Waals surface area contributed by atoms with Crippen LogP contribution in [0, 0.1) is 5.92 Å². The number of esters is 1. The topological polar surface area (TPSA) is 44.1 Å². The van der Waals surface area contributed by atoms with Crippen LogP contribution in [-0.2, 0) is 9.53 Å². The number of ether oxygens (including phenoxy) is 1. The highest BCUT2D eigenvalue weighted by atomic mass is 79.9. The Kier molecular flexibility index (Phi) is 4.20. The highest BCUT2D eigenvalue weighted by Crippen LogP contribution is 2.37. The first kappa shape index (κ1) is 12.6. The number of halogens is 1. The average molecular weight is 301 g/mol. The third kappa shape index (κ3) is 3.31. The fourth-order valence-electron chi connectivity index (χ4n) is 2.49. The maximum Gasteiger partial charge on any atom is 0.305 e. The number of hydrogen-bond acceptors (Lipinski definition) is 3. The van der Waals surface area contributed by atoms with Gasteiger partial charge in [-0.05, 0) is 47.5 Å². The summed E-state index contributed by atoms with van der Waals surface area (Å²) >= 11 is 3.41. The molecule has 0 aromatic carbocycles.